The van der Waals surface area contributed by atoms with Crippen LogP contribution in [0.25, 0.3) is 0 Å². The van der Waals surface area contributed by atoms with Crippen LogP contribution in [0.15, 0.2) is 24.3 Å². The molecule has 0 bridgehead atoms. The fraction of sp³-hybridized carbons (Fsp3) is 0.222. The van der Waals surface area contributed by atoms with E-state index in [-0.39, 0.29) is 5.96 Å². The maximum Gasteiger partial charge on any atom is 0.185 e. The Morgan fingerprint density at radius 1 is 1.23 bits per heavy atom. The molecule has 0 aliphatic carbocycles. The zero-order chi connectivity index (χ0) is 9.68. The van der Waals surface area contributed by atoms with Gasteiger partial charge in [0.15, 0.2) is 5.96 Å². The van der Waals surface area contributed by atoms with Crippen molar-refractivity contribution in [3.63, 3.8) is 0 Å². The fourth-order valence-corrected chi connectivity index (χ4v) is 0.990. The van der Waals surface area contributed by atoms with Gasteiger partial charge in [-0.05, 0) is 11.1 Å². The molecule has 1 rings (SSSR count). The Bertz CT molecular complexity index is 278. The second-order valence-electron chi connectivity index (χ2n) is 2.79. The van der Waals surface area contributed by atoms with Crippen LogP contribution >= 0.6 is 0 Å². The molecule has 0 saturated heterocycles. The summed E-state index contributed by atoms with van der Waals surface area (Å²) < 4.78 is 0. The average molecular weight is 178 g/mol. The van der Waals surface area contributed by atoms with Crippen molar-refractivity contribution in [2.24, 2.45) is 11.5 Å². The SMILES string of the molecule is N=C(N)NCc1ccc(CN)cc1. The van der Waals surface area contributed by atoms with Gasteiger partial charge in [0, 0.05) is 13.1 Å². The molecule has 13 heavy (non-hydrogen) atoms. The van der Waals surface area contributed by atoms with E-state index in [1.165, 1.54) is 0 Å². The molecule has 4 heteroatoms. The number of benzene rings is 1. The molecule has 6 N–H and O–H groups in total. The molecule has 0 heterocycles. The van der Waals surface area contributed by atoms with E-state index in [1.807, 2.05) is 24.3 Å². The molecule has 0 aliphatic rings. The Labute approximate surface area is 77.4 Å². The average Bonchev–Trinajstić information content (AvgIpc) is 2.15. The molecule has 1 aromatic rings. The summed E-state index contributed by atoms with van der Waals surface area (Å²) in [6.07, 6.45) is 0. The first-order valence-electron chi connectivity index (χ1n) is 4.08. The van der Waals surface area contributed by atoms with Crippen LogP contribution in [0.1, 0.15) is 11.1 Å². The zero-order valence-corrected chi connectivity index (χ0v) is 7.38. The summed E-state index contributed by atoms with van der Waals surface area (Å²) in [4.78, 5) is 0. The zero-order valence-electron chi connectivity index (χ0n) is 7.38. The van der Waals surface area contributed by atoms with Gasteiger partial charge in [-0.3, -0.25) is 5.41 Å². The first kappa shape index (κ1) is 9.54. The standard InChI is InChI=1S/C9H14N4/c10-5-7-1-3-8(4-2-7)6-13-9(11)12/h1-4H,5-6,10H2,(H4,11,12,13). The molecule has 0 fully saturated rings. The highest BCUT2D eigenvalue weighted by molar-refractivity contribution is 5.74. The summed E-state index contributed by atoms with van der Waals surface area (Å²) in [7, 11) is 0. The number of hydrogen-bond donors (Lipinski definition) is 4. The van der Waals surface area contributed by atoms with Crippen LogP contribution in [0.4, 0.5) is 0 Å². The van der Waals surface area contributed by atoms with Gasteiger partial charge in [-0.2, -0.15) is 0 Å². The van der Waals surface area contributed by atoms with Gasteiger partial charge < -0.3 is 16.8 Å². The van der Waals surface area contributed by atoms with E-state index in [0.29, 0.717) is 13.1 Å². The molecule has 0 atom stereocenters. The minimum Gasteiger partial charge on any atom is -0.370 e. The molecule has 0 unspecified atom stereocenters. The Morgan fingerprint density at radius 2 is 1.77 bits per heavy atom. The van der Waals surface area contributed by atoms with Crippen molar-refractivity contribution in [3.8, 4) is 0 Å². The van der Waals surface area contributed by atoms with Crippen molar-refractivity contribution in [2.45, 2.75) is 13.1 Å². The fourth-order valence-electron chi connectivity index (χ4n) is 0.990. The van der Waals surface area contributed by atoms with Gasteiger partial charge in [-0.15, -0.1) is 0 Å². The third kappa shape index (κ3) is 3.13. The lowest BCUT2D eigenvalue weighted by atomic mass is 10.1. The number of rotatable bonds is 3. The molecule has 0 amide bonds. The van der Waals surface area contributed by atoms with Crippen molar-refractivity contribution < 1.29 is 0 Å². The van der Waals surface area contributed by atoms with E-state index < -0.39 is 0 Å². The van der Waals surface area contributed by atoms with Gasteiger partial charge in [0.05, 0.1) is 0 Å². The summed E-state index contributed by atoms with van der Waals surface area (Å²) in [5.41, 5.74) is 12.8. The van der Waals surface area contributed by atoms with Crippen LogP contribution in [0.5, 0.6) is 0 Å². The molecule has 1 aromatic carbocycles. The molecule has 0 aromatic heterocycles. The van der Waals surface area contributed by atoms with Gasteiger partial charge in [-0.1, -0.05) is 24.3 Å². The van der Waals surface area contributed by atoms with Gasteiger partial charge >= 0.3 is 0 Å². The lowest BCUT2D eigenvalue weighted by molar-refractivity contribution is 0.894. The van der Waals surface area contributed by atoms with Crippen LogP contribution in [0.2, 0.25) is 0 Å². The van der Waals surface area contributed by atoms with E-state index in [2.05, 4.69) is 5.32 Å². The third-order valence-corrected chi connectivity index (χ3v) is 1.74. The number of hydrogen-bond acceptors (Lipinski definition) is 2. The van der Waals surface area contributed by atoms with Crippen molar-refractivity contribution in [1.82, 2.24) is 5.32 Å². The van der Waals surface area contributed by atoms with Gasteiger partial charge in [0.1, 0.15) is 0 Å². The number of nitrogens with two attached hydrogens (primary N) is 2. The van der Waals surface area contributed by atoms with Crippen molar-refractivity contribution in [3.05, 3.63) is 35.4 Å². The highest BCUT2D eigenvalue weighted by Gasteiger charge is 1.93. The van der Waals surface area contributed by atoms with Gasteiger partial charge in [0.2, 0.25) is 0 Å². The molecule has 70 valence electrons. The quantitative estimate of drug-likeness (QED) is 0.392. The molecule has 0 aliphatic heterocycles. The monoisotopic (exact) mass is 178 g/mol. The second-order valence-corrected chi connectivity index (χ2v) is 2.79. The minimum atomic E-state index is -0.0112. The summed E-state index contributed by atoms with van der Waals surface area (Å²) in [6, 6.07) is 7.88. The van der Waals surface area contributed by atoms with E-state index in [0.717, 1.165) is 11.1 Å². The van der Waals surface area contributed by atoms with Crippen LogP contribution < -0.4 is 16.8 Å². The molecule has 0 radical (unpaired) electrons. The lowest BCUT2D eigenvalue weighted by Crippen LogP contribution is -2.29. The van der Waals surface area contributed by atoms with Crippen LogP contribution in [-0.4, -0.2) is 5.96 Å². The van der Waals surface area contributed by atoms with E-state index in [9.17, 15) is 0 Å². The predicted molar refractivity (Wildman–Crippen MR) is 53.1 cm³/mol. The summed E-state index contributed by atoms with van der Waals surface area (Å²) in [6.45, 7) is 1.14. The van der Waals surface area contributed by atoms with Crippen LogP contribution in [-0.2, 0) is 13.1 Å². The maximum atomic E-state index is 6.97. The number of guanidine groups is 1. The largest absolute Gasteiger partial charge is 0.370 e. The normalized spacial score (nSPS) is 9.62. The molecular formula is C9H14N4. The van der Waals surface area contributed by atoms with E-state index >= 15 is 0 Å². The maximum absolute atomic E-state index is 6.97. The number of nitrogens with one attached hydrogen (secondary N) is 2. The highest BCUT2D eigenvalue weighted by Crippen LogP contribution is 2.02. The van der Waals surface area contributed by atoms with Crippen molar-refractivity contribution in [1.29, 1.82) is 5.41 Å². The Morgan fingerprint density at radius 3 is 2.23 bits per heavy atom. The minimum absolute atomic E-state index is 0.0112. The van der Waals surface area contributed by atoms with Crippen molar-refractivity contribution >= 4 is 5.96 Å². The summed E-state index contributed by atoms with van der Waals surface area (Å²) in [5.74, 6) is -0.0112. The first-order valence-corrected chi connectivity index (χ1v) is 4.08. The van der Waals surface area contributed by atoms with Gasteiger partial charge in [-0.25, -0.2) is 0 Å². The van der Waals surface area contributed by atoms with E-state index in [1.54, 1.807) is 0 Å². The third-order valence-electron chi connectivity index (χ3n) is 1.74. The van der Waals surface area contributed by atoms with Gasteiger partial charge in [0.25, 0.3) is 0 Å². The van der Waals surface area contributed by atoms with E-state index in [4.69, 9.17) is 16.9 Å². The Balaban J connectivity index is 2.54. The topological polar surface area (TPSA) is 87.9 Å². The molecule has 0 saturated carbocycles. The Kier molecular flexibility index (Phi) is 3.28. The van der Waals surface area contributed by atoms with Crippen LogP contribution in [0, 0.1) is 5.41 Å². The predicted octanol–water partition coefficient (Wildman–Crippen LogP) is 0.128. The highest BCUT2D eigenvalue weighted by atomic mass is 15.0. The second kappa shape index (κ2) is 4.47. The lowest BCUT2D eigenvalue weighted by Gasteiger charge is -2.04. The summed E-state index contributed by atoms with van der Waals surface area (Å²) in [5, 5.41) is 9.70. The van der Waals surface area contributed by atoms with Crippen LogP contribution in [0.3, 0.4) is 0 Å². The molecule has 4 nitrogen and oxygen atoms in total. The smallest absolute Gasteiger partial charge is 0.185 e. The van der Waals surface area contributed by atoms with Crippen molar-refractivity contribution in [2.75, 3.05) is 0 Å². The summed E-state index contributed by atoms with van der Waals surface area (Å²) >= 11 is 0. The molecule has 0 spiro atoms. The first-order chi connectivity index (χ1) is 6.22. The Hall–Kier alpha value is -1.55. The molecular weight excluding hydrogens is 164 g/mol.